The number of H-pyrrole nitrogens is 1. The van der Waals surface area contributed by atoms with Crippen molar-refractivity contribution in [1.82, 2.24) is 14.9 Å². The Balaban J connectivity index is 1.86. The molecule has 1 N–H and O–H groups in total. The van der Waals surface area contributed by atoms with Crippen LogP contribution in [0.1, 0.15) is 18.9 Å². The first-order chi connectivity index (χ1) is 11.7. The molecule has 0 spiro atoms. The molecule has 0 aliphatic carbocycles. The number of ether oxygens (including phenoxy) is 1. The number of halogens is 1. The molecule has 3 rings (SSSR count). The third kappa shape index (κ3) is 3.82. The van der Waals surface area contributed by atoms with Crippen molar-refractivity contribution in [2.24, 2.45) is 5.10 Å². The Kier molecular flexibility index (Phi) is 5.60. The molecule has 0 radical (unpaired) electrons. The van der Waals surface area contributed by atoms with E-state index < -0.39 is 0 Å². The van der Waals surface area contributed by atoms with Crippen molar-refractivity contribution in [3.05, 3.63) is 50.5 Å². The van der Waals surface area contributed by atoms with Crippen LogP contribution in [-0.4, -0.2) is 27.7 Å². The Morgan fingerprint density at radius 1 is 1.46 bits per heavy atom. The third-order valence-corrected chi connectivity index (χ3v) is 4.88. The maximum atomic E-state index is 5.65. The Hall–Kier alpha value is -1.77. The van der Waals surface area contributed by atoms with E-state index in [0.717, 1.165) is 27.1 Å². The number of hydrogen-bond acceptors (Lipinski definition) is 5. The summed E-state index contributed by atoms with van der Waals surface area (Å²) in [7, 11) is 0. The zero-order chi connectivity index (χ0) is 16.9. The fourth-order valence-corrected chi connectivity index (χ4v) is 3.40. The summed E-state index contributed by atoms with van der Waals surface area (Å²) in [6, 6.07) is 9.79. The van der Waals surface area contributed by atoms with Crippen LogP contribution in [0.25, 0.3) is 10.7 Å². The van der Waals surface area contributed by atoms with E-state index in [4.69, 9.17) is 17.0 Å². The molecule has 8 heteroatoms. The van der Waals surface area contributed by atoms with Crippen LogP contribution >= 0.6 is 39.5 Å². The molecule has 24 heavy (non-hydrogen) atoms. The molecule has 2 aromatic heterocycles. The van der Waals surface area contributed by atoms with Crippen LogP contribution in [0.15, 0.2) is 45.3 Å². The number of rotatable bonds is 6. The smallest absolute Gasteiger partial charge is 0.216 e. The second-order valence-electron chi connectivity index (χ2n) is 4.92. The van der Waals surface area contributed by atoms with E-state index in [1.165, 1.54) is 0 Å². The summed E-state index contributed by atoms with van der Waals surface area (Å²) in [5.74, 6) is 1.53. The summed E-state index contributed by atoms with van der Waals surface area (Å²) in [4.78, 5) is 1.00. The van der Waals surface area contributed by atoms with Gasteiger partial charge >= 0.3 is 0 Å². The van der Waals surface area contributed by atoms with E-state index >= 15 is 0 Å². The molecular formula is C16H15BrN4OS2. The normalized spacial score (nSPS) is 11.2. The van der Waals surface area contributed by atoms with Crippen LogP contribution in [0, 0.1) is 4.77 Å². The van der Waals surface area contributed by atoms with Gasteiger partial charge in [-0.3, -0.25) is 0 Å². The molecule has 124 valence electrons. The minimum absolute atomic E-state index is 0.455. The van der Waals surface area contributed by atoms with Gasteiger partial charge in [0.25, 0.3) is 0 Å². The number of aromatic amines is 1. The first kappa shape index (κ1) is 17.1. The quantitative estimate of drug-likeness (QED) is 0.443. The van der Waals surface area contributed by atoms with Gasteiger partial charge in [0.15, 0.2) is 5.82 Å². The molecular weight excluding hydrogens is 408 g/mol. The fraction of sp³-hybridized carbons (Fsp3) is 0.188. The first-order valence-corrected chi connectivity index (χ1v) is 9.45. The molecule has 0 unspecified atom stereocenters. The maximum Gasteiger partial charge on any atom is 0.216 e. The van der Waals surface area contributed by atoms with Gasteiger partial charge in [-0.15, -0.1) is 11.3 Å². The van der Waals surface area contributed by atoms with Crippen LogP contribution in [-0.2, 0) is 0 Å². The van der Waals surface area contributed by atoms with E-state index in [2.05, 4.69) is 38.2 Å². The summed E-state index contributed by atoms with van der Waals surface area (Å²) in [5.41, 5.74) is 0.936. The molecule has 0 saturated carbocycles. The third-order valence-electron chi connectivity index (χ3n) is 3.13. The highest BCUT2D eigenvalue weighted by Crippen LogP contribution is 2.26. The lowest BCUT2D eigenvalue weighted by molar-refractivity contribution is 0.315. The highest BCUT2D eigenvalue weighted by atomic mass is 79.9. The van der Waals surface area contributed by atoms with Crippen LogP contribution < -0.4 is 4.74 Å². The van der Waals surface area contributed by atoms with Crippen molar-refractivity contribution in [3.63, 3.8) is 0 Å². The Morgan fingerprint density at radius 2 is 2.33 bits per heavy atom. The summed E-state index contributed by atoms with van der Waals surface area (Å²) < 4.78 is 8.63. The number of nitrogens with zero attached hydrogens (tertiary/aromatic N) is 3. The topological polar surface area (TPSA) is 55.2 Å². The van der Waals surface area contributed by atoms with Crippen LogP contribution in [0.2, 0.25) is 0 Å². The molecule has 0 aliphatic heterocycles. The highest BCUT2D eigenvalue weighted by molar-refractivity contribution is 9.10. The molecule has 5 nitrogen and oxygen atoms in total. The van der Waals surface area contributed by atoms with Crippen molar-refractivity contribution >= 4 is 45.7 Å². The molecule has 0 bridgehead atoms. The molecule has 0 amide bonds. The molecule has 1 aromatic carbocycles. The van der Waals surface area contributed by atoms with E-state index in [0.29, 0.717) is 17.2 Å². The van der Waals surface area contributed by atoms with Crippen molar-refractivity contribution in [3.8, 4) is 16.5 Å². The average molecular weight is 423 g/mol. The van der Waals surface area contributed by atoms with E-state index in [-0.39, 0.29) is 0 Å². The predicted molar refractivity (Wildman–Crippen MR) is 104 cm³/mol. The first-order valence-electron chi connectivity index (χ1n) is 7.37. The maximum absolute atomic E-state index is 5.65. The minimum atomic E-state index is 0.455. The van der Waals surface area contributed by atoms with Gasteiger partial charge in [0.05, 0.1) is 22.2 Å². The number of aromatic nitrogens is 3. The van der Waals surface area contributed by atoms with Gasteiger partial charge in [0.1, 0.15) is 5.75 Å². The Labute approximate surface area is 157 Å². The van der Waals surface area contributed by atoms with Gasteiger partial charge in [-0.2, -0.15) is 14.9 Å². The predicted octanol–water partition coefficient (Wildman–Crippen LogP) is 5.10. The molecule has 0 atom stereocenters. The zero-order valence-electron chi connectivity index (χ0n) is 12.9. The van der Waals surface area contributed by atoms with Crippen LogP contribution in [0.3, 0.4) is 0 Å². The number of benzene rings is 1. The van der Waals surface area contributed by atoms with Crippen LogP contribution in [0.5, 0.6) is 5.75 Å². The van der Waals surface area contributed by atoms with Gasteiger partial charge in [0.2, 0.25) is 4.77 Å². The van der Waals surface area contributed by atoms with Crippen molar-refractivity contribution in [1.29, 1.82) is 0 Å². The van der Waals surface area contributed by atoms with Gasteiger partial charge in [-0.05, 0) is 69.8 Å². The second kappa shape index (κ2) is 7.87. The van der Waals surface area contributed by atoms with Gasteiger partial charge < -0.3 is 4.74 Å². The zero-order valence-corrected chi connectivity index (χ0v) is 16.1. The highest BCUT2D eigenvalue weighted by Gasteiger charge is 2.08. The fourth-order valence-electron chi connectivity index (χ4n) is 2.01. The van der Waals surface area contributed by atoms with Gasteiger partial charge in [-0.25, -0.2) is 5.10 Å². The summed E-state index contributed by atoms with van der Waals surface area (Å²) in [6.45, 7) is 2.77. The summed E-state index contributed by atoms with van der Waals surface area (Å²) >= 11 is 10.4. The van der Waals surface area contributed by atoms with Gasteiger partial charge in [0, 0.05) is 0 Å². The van der Waals surface area contributed by atoms with Gasteiger partial charge in [-0.1, -0.05) is 13.0 Å². The SMILES string of the molecule is CCCOc1ccc(/C=N\n2c(-c3cccs3)n[nH]c2=S)cc1Br. The van der Waals surface area contributed by atoms with Crippen molar-refractivity contribution in [2.75, 3.05) is 6.61 Å². The standard InChI is InChI=1S/C16H15BrN4OS2/c1-2-7-22-13-6-5-11(9-12(13)17)10-18-21-15(19-20-16(21)23)14-4-3-8-24-14/h3-6,8-10H,2,7H2,1H3,(H,20,23)/b18-10-. The number of nitrogens with one attached hydrogen (secondary N) is 1. The summed E-state index contributed by atoms with van der Waals surface area (Å²) in [5, 5.41) is 13.5. The molecule has 3 aromatic rings. The lowest BCUT2D eigenvalue weighted by Gasteiger charge is -2.07. The monoisotopic (exact) mass is 422 g/mol. The summed E-state index contributed by atoms with van der Waals surface area (Å²) in [6.07, 6.45) is 2.72. The molecule has 0 aliphatic rings. The minimum Gasteiger partial charge on any atom is -0.492 e. The van der Waals surface area contributed by atoms with E-state index in [1.54, 1.807) is 22.2 Å². The second-order valence-corrected chi connectivity index (χ2v) is 7.11. The molecule has 0 fully saturated rings. The van der Waals surface area contributed by atoms with Crippen molar-refractivity contribution in [2.45, 2.75) is 13.3 Å². The van der Waals surface area contributed by atoms with E-state index in [1.807, 2.05) is 35.7 Å². The van der Waals surface area contributed by atoms with Crippen LogP contribution in [0.4, 0.5) is 0 Å². The lowest BCUT2D eigenvalue weighted by Crippen LogP contribution is -1.97. The molecule has 0 saturated heterocycles. The van der Waals surface area contributed by atoms with E-state index in [9.17, 15) is 0 Å². The Bertz CT molecular complexity index is 899. The van der Waals surface area contributed by atoms with Crippen molar-refractivity contribution < 1.29 is 4.74 Å². The number of hydrogen-bond donors (Lipinski definition) is 1. The number of thiophene rings is 1. The Morgan fingerprint density at radius 3 is 3.04 bits per heavy atom. The average Bonchev–Trinajstić information content (AvgIpc) is 3.21. The largest absolute Gasteiger partial charge is 0.492 e. The lowest BCUT2D eigenvalue weighted by atomic mass is 10.2. The molecule has 2 heterocycles.